The van der Waals surface area contributed by atoms with Crippen molar-refractivity contribution in [2.24, 2.45) is 0 Å². The van der Waals surface area contributed by atoms with Crippen molar-refractivity contribution < 1.29 is 29.3 Å². The van der Waals surface area contributed by atoms with Crippen molar-refractivity contribution in [2.75, 3.05) is 20.8 Å². The smallest absolute Gasteiger partial charge is 0.330 e. The maximum atomic E-state index is 11.7. The Labute approximate surface area is 127 Å². The lowest BCUT2D eigenvalue weighted by atomic mass is 10.1. The summed E-state index contributed by atoms with van der Waals surface area (Å²) in [6, 6.07) is 0. The van der Waals surface area contributed by atoms with Crippen LogP contribution in [0.1, 0.15) is 6.23 Å². The van der Waals surface area contributed by atoms with Crippen LogP contribution in [0.25, 0.3) is 0 Å². The Morgan fingerprint density at radius 1 is 1.36 bits per heavy atom. The lowest BCUT2D eigenvalue weighted by Gasteiger charge is -2.17. The molecule has 0 radical (unpaired) electrons. The molecule has 0 bridgehead atoms. The normalized spacial score (nSPS) is 27.2. The first-order valence-corrected chi connectivity index (χ1v) is 6.63. The Balaban J connectivity index is 0.000000745. The molecule has 11 heteroatoms. The van der Waals surface area contributed by atoms with E-state index >= 15 is 0 Å². The Bertz CT molecular complexity index is 588. The fraction of sp³-hybridized carbons (Fsp3) is 0.636. The monoisotopic (exact) mass is 338 g/mol. The molecule has 5 atom stereocenters. The summed E-state index contributed by atoms with van der Waals surface area (Å²) in [5, 5.41) is 28.4. The summed E-state index contributed by atoms with van der Waals surface area (Å²) < 4.78 is 15.0. The van der Waals surface area contributed by atoms with E-state index < -0.39 is 42.4 Å². The van der Waals surface area contributed by atoms with E-state index in [0.717, 1.165) is 10.8 Å². The van der Waals surface area contributed by atoms with Crippen LogP contribution in [0, 0.1) is 0 Å². The van der Waals surface area contributed by atoms with Gasteiger partial charge >= 0.3 is 5.69 Å². The Hall–Kier alpha value is -1.29. The molecule has 1 fully saturated rings. The van der Waals surface area contributed by atoms with Gasteiger partial charge in [0.2, 0.25) is 5.75 Å². The fourth-order valence-electron chi connectivity index (χ4n) is 1.91. The van der Waals surface area contributed by atoms with Crippen LogP contribution in [-0.4, -0.2) is 64.0 Å². The minimum atomic E-state index is -1.41. The van der Waals surface area contributed by atoms with Gasteiger partial charge in [-0.1, -0.05) is 0 Å². The Morgan fingerprint density at radius 3 is 2.41 bits per heavy atom. The number of aliphatic hydroxyl groups excluding tert-OH is 3. The minimum absolute atomic E-state index is 0.141. The van der Waals surface area contributed by atoms with Gasteiger partial charge in [0.05, 0.1) is 19.9 Å². The molecule has 1 aromatic heterocycles. The number of nitrogens with one attached hydrogen (secondary N) is 1. The van der Waals surface area contributed by atoms with E-state index in [9.17, 15) is 19.8 Å². The largest absolute Gasteiger partial charge is 0.490 e. The van der Waals surface area contributed by atoms with Crippen LogP contribution in [-0.2, 0) is 9.26 Å². The number of hydrogen-bond donors (Lipinski definition) is 4. The Kier molecular flexibility index (Phi) is 7.14. The minimum Gasteiger partial charge on any atom is -0.490 e. The predicted octanol–water partition coefficient (Wildman–Crippen LogP) is -2.42. The first-order valence-electron chi connectivity index (χ1n) is 6.16. The van der Waals surface area contributed by atoms with Gasteiger partial charge in [-0.25, -0.2) is 4.79 Å². The summed E-state index contributed by atoms with van der Waals surface area (Å²) in [4.78, 5) is 25.0. The van der Waals surface area contributed by atoms with Gasteiger partial charge in [-0.2, -0.15) is 0 Å². The zero-order valence-corrected chi connectivity index (χ0v) is 13.2. The summed E-state index contributed by atoms with van der Waals surface area (Å²) in [6.45, 7) is -0.510. The van der Waals surface area contributed by atoms with Gasteiger partial charge < -0.3 is 29.3 Å². The number of hydrogen-bond acceptors (Lipinski definition) is 8. The van der Waals surface area contributed by atoms with Crippen LogP contribution < -0.4 is 16.0 Å². The van der Waals surface area contributed by atoms with Crippen LogP contribution in [0.15, 0.2) is 15.8 Å². The Morgan fingerprint density at radius 2 is 1.95 bits per heavy atom. The first kappa shape index (κ1) is 18.8. The molecule has 2 rings (SSSR count). The highest BCUT2D eigenvalue weighted by atomic mass is 31.0. The number of H-pyrrole nitrogens is 1. The molecule has 1 unspecified atom stereocenters. The van der Waals surface area contributed by atoms with Gasteiger partial charge in [0.1, 0.15) is 18.3 Å². The molecule has 126 valence electrons. The van der Waals surface area contributed by atoms with E-state index in [0.29, 0.717) is 0 Å². The maximum absolute atomic E-state index is 11.7. The standard InChI is InChI=1S/C10H14N2O7.CH5OP/c1-18-4-2-12(10(17)11-8(4)16)9-7(15)6(14)5(3-13)19-9;1-2-3/h2,5-7,9,13-15H,3H2,1H3,(H,11,16,17);3H2,1H3/t5-,6-,7-,9-;/m1./s1. The summed E-state index contributed by atoms with van der Waals surface area (Å²) >= 11 is 0. The second-order valence-corrected chi connectivity index (χ2v) is 4.80. The van der Waals surface area contributed by atoms with Crippen molar-refractivity contribution in [3.63, 3.8) is 0 Å². The van der Waals surface area contributed by atoms with Gasteiger partial charge in [0.25, 0.3) is 5.56 Å². The molecular weight excluding hydrogens is 319 g/mol. The molecule has 4 N–H and O–H groups in total. The topological polar surface area (TPSA) is 143 Å². The fourth-order valence-corrected chi connectivity index (χ4v) is 1.91. The first-order chi connectivity index (χ1) is 10.4. The number of nitrogens with zero attached hydrogens (tertiary/aromatic N) is 1. The van der Waals surface area contributed by atoms with Crippen molar-refractivity contribution >= 4 is 9.47 Å². The number of ether oxygens (including phenoxy) is 2. The third-order valence-corrected chi connectivity index (χ3v) is 2.95. The van der Waals surface area contributed by atoms with E-state index in [1.54, 1.807) is 7.11 Å². The van der Waals surface area contributed by atoms with Gasteiger partial charge in [-0.05, 0) is 9.47 Å². The molecule has 22 heavy (non-hydrogen) atoms. The number of rotatable bonds is 3. The van der Waals surface area contributed by atoms with E-state index in [1.807, 2.05) is 4.98 Å². The van der Waals surface area contributed by atoms with Crippen molar-refractivity contribution in [3.8, 4) is 5.75 Å². The summed E-state index contributed by atoms with van der Waals surface area (Å²) in [6.07, 6.45) is -3.90. The summed E-state index contributed by atoms with van der Waals surface area (Å²) in [7, 11) is 4.91. The third kappa shape index (κ3) is 3.92. The van der Waals surface area contributed by atoms with Crippen LogP contribution in [0.4, 0.5) is 0 Å². The quantitative estimate of drug-likeness (QED) is 0.446. The highest BCUT2D eigenvalue weighted by Gasteiger charge is 2.43. The average molecular weight is 338 g/mol. The van der Waals surface area contributed by atoms with E-state index in [4.69, 9.17) is 14.6 Å². The molecule has 0 aromatic carbocycles. The second kappa shape index (κ2) is 8.37. The number of methoxy groups -OCH3 is 1. The van der Waals surface area contributed by atoms with Crippen LogP contribution in [0.2, 0.25) is 0 Å². The van der Waals surface area contributed by atoms with Crippen LogP contribution >= 0.6 is 9.47 Å². The zero-order chi connectivity index (χ0) is 16.9. The number of aromatic nitrogens is 2. The predicted molar refractivity (Wildman–Crippen MR) is 77.6 cm³/mol. The molecule has 2 heterocycles. The van der Waals surface area contributed by atoms with Gasteiger partial charge in [-0.3, -0.25) is 14.3 Å². The van der Waals surface area contributed by atoms with Crippen molar-refractivity contribution in [1.29, 1.82) is 0 Å². The molecule has 1 aromatic rings. The SMILES string of the molecule is COP.COc1cn([C@@H]2O[C@H](CO)[C@@H](O)[C@H]2O)c(=O)[nH]c1=O. The molecule has 1 saturated heterocycles. The van der Waals surface area contributed by atoms with Gasteiger partial charge in [-0.15, -0.1) is 0 Å². The summed E-state index contributed by atoms with van der Waals surface area (Å²) in [5.41, 5.74) is -1.53. The molecule has 0 saturated carbocycles. The third-order valence-electron chi connectivity index (χ3n) is 2.95. The van der Waals surface area contributed by atoms with E-state index in [2.05, 4.69) is 14.0 Å². The van der Waals surface area contributed by atoms with Crippen LogP contribution in [0.5, 0.6) is 5.75 Å². The van der Waals surface area contributed by atoms with E-state index in [1.165, 1.54) is 7.11 Å². The van der Waals surface area contributed by atoms with Gasteiger partial charge in [0.15, 0.2) is 6.23 Å². The molecule has 0 spiro atoms. The molecule has 1 aliphatic rings. The molecule has 1 aliphatic heterocycles. The average Bonchev–Trinajstić information content (AvgIpc) is 2.76. The molecule has 10 nitrogen and oxygen atoms in total. The lowest BCUT2D eigenvalue weighted by Crippen LogP contribution is -2.38. The summed E-state index contributed by atoms with van der Waals surface area (Å²) in [5.74, 6) is -0.141. The van der Waals surface area contributed by atoms with Crippen LogP contribution in [0.3, 0.4) is 0 Å². The van der Waals surface area contributed by atoms with Crippen molar-refractivity contribution in [3.05, 3.63) is 27.0 Å². The maximum Gasteiger partial charge on any atom is 0.330 e. The van der Waals surface area contributed by atoms with Gasteiger partial charge in [0, 0.05) is 7.11 Å². The highest BCUT2D eigenvalue weighted by molar-refractivity contribution is 7.09. The number of aromatic amines is 1. The molecular formula is C11H19N2O8P. The van der Waals surface area contributed by atoms with E-state index in [-0.39, 0.29) is 5.75 Å². The molecule has 0 aliphatic carbocycles. The lowest BCUT2D eigenvalue weighted by molar-refractivity contribution is -0.0552. The second-order valence-electron chi connectivity index (χ2n) is 4.33. The highest BCUT2D eigenvalue weighted by Crippen LogP contribution is 2.28. The van der Waals surface area contributed by atoms with Crippen molar-refractivity contribution in [1.82, 2.24) is 9.55 Å². The van der Waals surface area contributed by atoms with Crippen molar-refractivity contribution in [2.45, 2.75) is 24.5 Å². The zero-order valence-electron chi connectivity index (χ0n) is 12.0. The number of aliphatic hydroxyl groups is 3. The molecule has 0 amide bonds.